The second kappa shape index (κ2) is 6.36. The topological polar surface area (TPSA) is 46.5 Å². The van der Waals surface area contributed by atoms with Gasteiger partial charge in [0.15, 0.2) is 0 Å². The van der Waals surface area contributed by atoms with Gasteiger partial charge >= 0.3 is 0 Å². The smallest absolute Gasteiger partial charge is 0.298 e. The van der Waals surface area contributed by atoms with Crippen LogP contribution in [0.2, 0.25) is 0 Å². The molecule has 102 valence electrons. The van der Waals surface area contributed by atoms with Crippen LogP contribution in [0.15, 0.2) is 48.5 Å². The molecule has 0 aromatic heterocycles. The van der Waals surface area contributed by atoms with Crippen LogP contribution < -0.4 is 15.3 Å². The van der Waals surface area contributed by atoms with Crippen LogP contribution in [0.25, 0.3) is 0 Å². The maximum absolute atomic E-state index is 10.2. The Morgan fingerprint density at radius 2 is 1.40 bits per heavy atom. The predicted octanol–water partition coefficient (Wildman–Crippen LogP) is 3.98. The van der Waals surface area contributed by atoms with E-state index in [0.29, 0.717) is 18.0 Å². The number of ether oxygens (including phenoxy) is 1. The van der Waals surface area contributed by atoms with Gasteiger partial charge in [0.05, 0.1) is 12.7 Å². The molecule has 0 unspecified atom stereocenters. The zero-order valence-electron chi connectivity index (χ0n) is 10.2. The summed E-state index contributed by atoms with van der Waals surface area (Å²) in [5.41, 5.74) is 0. The summed E-state index contributed by atoms with van der Waals surface area (Å²) < 4.78 is 4.79. The normalized spacial score (nSPS) is 21.0. The molecule has 1 N–H and O–H groups in total. The first kappa shape index (κ1) is 14.2. The van der Waals surface area contributed by atoms with E-state index in [9.17, 15) is 9.90 Å². The highest BCUT2D eigenvalue weighted by molar-refractivity contribution is 9.37. The molecule has 3 rings (SSSR count). The number of benzene rings is 2. The number of hydrogen-bond donors (Lipinski definition) is 1. The fourth-order valence-corrected chi connectivity index (χ4v) is 17.8. The molecular formula is C13H10O3P2S2. The van der Waals surface area contributed by atoms with E-state index in [4.69, 9.17) is 4.74 Å². The van der Waals surface area contributed by atoms with Crippen LogP contribution in [0, 0.1) is 0 Å². The van der Waals surface area contributed by atoms with Crippen molar-refractivity contribution in [1.82, 2.24) is 0 Å². The summed E-state index contributed by atoms with van der Waals surface area (Å²) in [6.45, 7) is 0.442. The molecule has 3 nitrogen and oxygen atoms in total. The summed E-state index contributed by atoms with van der Waals surface area (Å²) in [4.78, 5) is 10.2. The van der Waals surface area contributed by atoms with Crippen molar-refractivity contribution in [3.8, 4) is 11.5 Å². The van der Waals surface area contributed by atoms with Crippen molar-refractivity contribution >= 4 is 51.7 Å². The number of phenolic OH excluding ortho intramolecular Hbond substituents is 1. The summed E-state index contributed by atoms with van der Waals surface area (Å²) in [6, 6.07) is 15.2. The number of carbonyl (C=O) groups is 1. The molecule has 1 aliphatic rings. The predicted molar refractivity (Wildman–Crippen MR) is 89.5 cm³/mol. The minimum atomic E-state index is -0.229. The molecule has 1 heterocycles. The van der Waals surface area contributed by atoms with E-state index >= 15 is 0 Å². The third-order valence-electron chi connectivity index (χ3n) is 2.59. The molecule has 7 heteroatoms. The van der Waals surface area contributed by atoms with E-state index in [-0.39, 0.29) is 12.7 Å². The van der Waals surface area contributed by atoms with E-state index < -0.39 is 0 Å². The van der Waals surface area contributed by atoms with Gasteiger partial charge < -0.3 is 9.84 Å². The van der Waals surface area contributed by atoms with Gasteiger partial charge in [-0.3, -0.25) is 4.79 Å². The van der Waals surface area contributed by atoms with E-state index in [1.54, 1.807) is 12.1 Å². The van der Waals surface area contributed by atoms with Crippen LogP contribution in [0.4, 0.5) is 0 Å². The molecule has 0 atom stereocenters. The second-order valence-corrected chi connectivity index (χ2v) is 16.0. The third kappa shape index (κ3) is 3.12. The Hall–Kier alpha value is -0.730. The molecular weight excluding hydrogens is 330 g/mol. The zero-order valence-corrected chi connectivity index (χ0v) is 13.6. The average Bonchev–Trinajstić information content (AvgIpc) is 2.41. The monoisotopic (exact) mass is 340 g/mol. The Labute approximate surface area is 126 Å². The van der Waals surface area contributed by atoms with Crippen LogP contribution in [0.1, 0.15) is 0 Å². The van der Waals surface area contributed by atoms with Crippen LogP contribution >= 0.6 is 34.7 Å². The quantitative estimate of drug-likeness (QED) is 0.674. The first-order chi connectivity index (χ1) is 9.76. The van der Waals surface area contributed by atoms with Crippen molar-refractivity contribution in [2.75, 3.05) is 0 Å². The Balaban J connectivity index is 1.62. The van der Waals surface area contributed by atoms with Crippen molar-refractivity contribution in [3.05, 3.63) is 48.5 Å². The van der Waals surface area contributed by atoms with Crippen LogP contribution in [0.5, 0.6) is 11.5 Å². The fourth-order valence-electron chi connectivity index (χ4n) is 1.61. The van der Waals surface area contributed by atoms with Crippen LogP contribution in [-0.4, -0.2) is 11.6 Å². The number of carbonyl (C=O) groups excluding carboxylic acids is 1. The SMILES string of the molecule is O=COc1ccc(P2SP(c3ccc(O)cc3)S2)cc1. The molecule has 1 saturated heterocycles. The maximum atomic E-state index is 10.2. The lowest BCUT2D eigenvalue weighted by molar-refractivity contribution is -0.120. The summed E-state index contributed by atoms with van der Waals surface area (Å²) in [6.07, 6.45) is -0.448. The molecule has 0 spiro atoms. The van der Waals surface area contributed by atoms with Gasteiger partial charge in [-0.05, 0) is 59.1 Å². The molecule has 2 aromatic rings. The van der Waals surface area contributed by atoms with Crippen LogP contribution in [-0.2, 0) is 4.79 Å². The van der Waals surface area contributed by atoms with Crippen molar-refractivity contribution < 1.29 is 14.6 Å². The van der Waals surface area contributed by atoms with Gasteiger partial charge in [0.2, 0.25) is 0 Å². The molecule has 0 saturated carbocycles. The molecule has 1 aliphatic heterocycles. The summed E-state index contributed by atoms with van der Waals surface area (Å²) >= 11 is 4.01. The molecule has 0 aliphatic carbocycles. The van der Waals surface area contributed by atoms with E-state index in [0.717, 1.165) is 0 Å². The molecule has 1 fully saturated rings. The molecule has 0 radical (unpaired) electrons. The molecule has 0 bridgehead atoms. The Morgan fingerprint density at radius 3 is 1.90 bits per heavy atom. The lowest BCUT2D eigenvalue weighted by Gasteiger charge is -2.33. The summed E-state index contributed by atoms with van der Waals surface area (Å²) in [5.74, 6) is 0.891. The third-order valence-corrected chi connectivity index (χ3v) is 21.5. The van der Waals surface area contributed by atoms with Crippen molar-refractivity contribution in [2.45, 2.75) is 0 Å². The average molecular weight is 340 g/mol. The highest BCUT2D eigenvalue weighted by Crippen LogP contribution is 2.95. The Bertz CT molecular complexity index is 598. The van der Waals surface area contributed by atoms with Gasteiger partial charge in [-0.25, -0.2) is 0 Å². The Kier molecular flexibility index (Phi) is 4.52. The maximum Gasteiger partial charge on any atom is 0.298 e. The lowest BCUT2D eigenvalue weighted by Crippen LogP contribution is -2.03. The molecule has 2 aromatic carbocycles. The van der Waals surface area contributed by atoms with Gasteiger partial charge in [0.1, 0.15) is 11.5 Å². The Morgan fingerprint density at radius 1 is 0.900 bits per heavy atom. The van der Waals surface area contributed by atoms with E-state index in [1.165, 1.54) is 10.6 Å². The second-order valence-electron chi connectivity index (χ2n) is 3.90. The van der Waals surface area contributed by atoms with Crippen molar-refractivity contribution in [3.63, 3.8) is 0 Å². The largest absolute Gasteiger partial charge is 0.508 e. The van der Waals surface area contributed by atoms with Crippen LogP contribution in [0.3, 0.4) is 0 Å². The highest BCUT2D eigenvalue weighted by Gasteiger charge is 2.33. The van der Waals surface area contributed by atoms with Gasteiger partial charge in [0.25, 0.3) is 6.47 Å². The minimum Gasteiger partial charge on any atom is -0.508 e. The lowest BCUT2D eigenvalue weighted by atomic mass is 10.3. The van der Waals surface area contributed by atoms with Crippen molar-refractivity contribution in [2.24, 2.45) is 0 Å². The number of phenols is 1. The molecule has 0 amide bonds. The first-order valence-electron chi connectivity index (χ1n) is 5.72. The number of rotatable bonds is 4. The number of hydrogen-bond acceptors (Lipinski definition) is 5. The highest BCUT2D eigenvalue weighted by atomic mass is 33.6. The summed E-state index contributed by atoms with van der Waals surface area (Å²) in [5, 5.41) is 11.9. The minimum absolute atomic E-state index is 0.219. The van der Waals surface area contributed by atoms with E-state index in [2.05, 4.69) is 0 Å². The van der Waals surface area contributed by atoms with E-state index in [1.807, 2.05) is 58.4 Å². The van der Waals surface area contributed by atoms with Gasteiger partial charge in [-0.15, -0.1) is 0 Å². The summed E-state index contributed by atoms with van der Waals surface area (Å²) in [7, 11) is 0. The van der Waals surface area contributed by atoms with Crippen molar-refractivity contribution in [1.29, 1.82) is 0 Å². The molecule has 20 heavy (non-hydrogen) atoms. The standard InChI is InChI=1S/C13H10O3P2S2/c14-9-16-11-3-7-13(8-4-11)18-19-17(20-18)12-5-1-10(15)2-6-12/h1-9,15H. The fraction of sp³-hybridized carbons (Fsp3) is 0. The number of aromatic hydroxyl groups is 1. The van der Waals surface area contributed by atoms with Gasteiger partial charge in [-0.1, -0.05) is 22.0 Å². The van der Waals surface area contributed by atoms with Gasteiger partial charge in [0, 0.05) is 0 Å². The first-order valence-corrected chi connectivity index (χ1v) is 12.5. The van der Waals surface area contributed by atoms with Gasteiger partial charge in [-0.2, -0.15) is 0 Å². The zero-order chi connectivity index (χ0) is 13.9.